The summed E-state index contributed by atoms with van der Waals surface area (Å²) in [6.07, 6.45) is 4.30. The number of hydrogen-bond donors (Lipinski definition) is 0. The Balaban J connectivity index is 1.55. The molecule has 138 valence electrons. The molecule has 1 aromatic heterocycles. The molecule has 4 rings (SSSR count). The van der Waals surface area contributed by atoms with Gasteiger partial charge >= 0.3 is 0 Å². The summed E-state index contributed by atoms with van der Waals surface area (Å²) in [5.41, 5.74) is 2.29. The Bertz CT molecular complexity index is 874. The summed E-state index contributed by atoms with van der Waals surface area (Å²) >= 11 is 1.69. The van der Waals surface area contributed by atoms with Crippen molar-refractivity contribution < 1.29 is 4.74 Å². The van der Waals surface area contributed by atoms with E-state index in [9.17, 15) is 0 Å². The molecule has 5 nitrogen and oxygen atoms in total. The molecule has 2 aromatic carbocycles. The first-order valence-corrected chi connectivity index (χ1v) is 10.1. The highest BCUT2D eigenvalue weighted by molar-refractivity contribution is 7.99. The van der Waals surface area contributed by atoms with Crippen LogP contribution in [0.2, 0.25) is 0 Å². The van der Waals surface area contributed by atoms with Crippen molar-refractivity contribution >= 4 is 23.8 Å². The lowest BCUT2D eigenvalue weighted by Gasteiger charge is -2.27. The van der Waals surface area contributed by atoms with E-state index >= 15 is 0 Å². The van der Waals surface area contributed by atoms with Gasteiger partial charge in [-0.2, -0.15) is 0 Å². The molecule has 0 bridgehead atoms. The van der Waals surface area contributed by atoms with Crippen LogP contribution in [0.5, 0.6) is 0 Å². The van der Waals surface area contributed by atoms with Crippen molar-refractivity contribution in [2.75, 3.05) is 37.0 Å². The first kappa shape index (κ1) is 17.8. The van der Waals surface area contributed by atoms with Crippen molar-refractivity contribution in [3.8, 4) is 5.69 Å². The second-order valence-corrected chi connectivity index (χ2v) is 7.16. The molecule has 1 saturated heterocycles. The van der Waals surface area contributed by atoms with Crippen molar-refractivity contribution in [1.29, 1.82) is 0 Å². The lowest BCUT2D eigenvalue weighted by atomic mass is 10.2. The maximum atomic E-state index is 5.48. The summed E-state index contributed by atoms with van der Waals surface area (Å²) in [7, 11) is 0. The van der Waals surface area contributed by atoms with Gasteiger partial charge in [-0.3, -0.25) is 4.57 Å². The minimum absolute atomic E-state index is 0.726. The number of nitrogens with zero attached hydrogens (tertiary/aromatic N) is 4. The number of rotatable bonds is 6. The largest absolute Gasteiger partial charge is 0.378 e. The summed E-state index contributed by atoms with van der Waals surface area (Å²) < 4.78 is 7.63. The van der Waals surface area contributed by atoms with Gasteiger partial charge in [0.2, 0.25) is 5.95 Å². The smallest absolute Gasteiger partial charge is 0.232 e. The van der Waals surface area contributed by atoms with Gasteiger partial charge in [0, 0.05) is 18.8 Å². The second-order valence-electron chi connectivity index (χ2n) is 6.18. The fraction of sp³-hybridized carbons (Fsp3) is 0.238. The molecule has 0 amide bonds. The minimum atomic E-state index is 0.726. The van der Waals surface area contributed by atoms with Crippen LogP contribution in [0, 0.1) is 0 Å². The quantitative estimate of drug-likeness (QED) is 0.609. The fourth-order valence-corrected chi connectivity index (χ4v) is 3.75. The summed E-state index contributed by atoms with van der Waals surface area (Å²) in [6, 6.07) is 20.6. The van der Waals surface area contributed by atoms with Gasteiger partial charge < -0.3 is 9.64 Å². The predicted octanol–water partition coefficient (Wildman–Crippen LogP) is 3.91. The van der Waals surface area contributed by atoms with Gasteiger partial charge in [0.15, 0.2) is 5.16 Å². The topological polar surface area (TPSA) is 43.2 Å². The van der Waals surface area contributed by atoms with E-state index < -0.39 is 0 Å². The maximum absolute atomic E-state index is 5.48. The average molecular weight is 379 g/mol. The number of benzene rings is 2. The van der Waals surface area contributed by atoms with Crippen molar-refractivity contribution in [3.05, 3.63) is 72.3 Å². The highest BCUT2D eigenvalue weighted by Crippen LogP contribution is 2.27. The summed E-state index contributed by atoms with van der Waals surface area (Å²) in [5, 5.41) is 9.87. The molecule has 1 fully saturated rings. The van der Waals surface area contributed by atoms with E-state index in [0.717, 1.165) is 48.8 Å². The van der Waals surface area contributed by atoms with E-state index in [-0.39, 0.29) is 0 Å². The predicted molar refractivity (Wildman–Crippen MR) is 111 cm³/mol. The Morgan fingerprint density at radius 3 is 2.37 bits per heavy atom. The summed E-state index contributed by atoms with van der Waals surface area (Å²) in [4.78, 5) is 2.24. The summed E-state index contributed by atoms with van der Waals surface area (Å²) in [6.45, 7) is 3.13. The SMILES string of the molecule is C(=Cc1ccccc1)CSc1nnc(N2CCOCC2)n1-c1ccccc1. The van der Waals surface area contributed by atoms with Crippen LogP contribution in [0.25, 0.3) is 11.8 Å². The number of anilines is 1. The molecule has 0 saturated carbocycles. The van der Waals surface area contributed by atoms with Crippen molar-refractivity contribution in [2.24, 2.45) is 0 Å². The van der Waals surface area contributed by atoms with Crippen LogP contribution in [-0.2, 0) is 4.74 Å². The van der Waals surface area contributed by atoms with Crippen LogP contribution in [0.3, 0.4) is 0 Å². The molecular weight excluding hydrogens is 356 g/mol. The second kappa shape index (κ2) is 8.88. The molecule has 0 radical (unpaired) electrons. The van der Waals surface area contributed by atoms with E-state index in [1.807, 2.05) is 36.4 Å². The van der Waals surface area contributed by atoms with Crippen LogP contribution in [-0.4, -0.2) is 46.8 Å². The van der Waals surface area contributed by atoms with Crippen LogP contribution in [0.4, 0.5) is 5.95 Å². The lowest BCUT2D eigenvalue weighted by molar-refractivity contribution is 0.122. The number of hydrogen-bond acceptors (Lipinski definition) is 5. The molecule has 1 aliphatic rings. The molecule has 2 heterocycles. The molecule has 0 N–H and O–H groups in total. The van der Waals surface area contributed by atoms with Crippen molar-refractivity contribution in [1.82, 2.24) is 14.8 Å². The number of aromatic nitrogens is 3. The molecule has 27 heavy (non-hydrogen) atoms. The standard InChI is InChI=1S/C21H22N4OS/c1-3-8-18(9-4-1)10-7-17-27-21-23-22-20(24-13-15-26-16-14-24)25(21)19-11-5-2-6-12-19/h1-12H,13-17H2. The third kappa shape index (κ3) is 4.40. The monoisotopic (exact) mass is 378 g/mol. The number of ether oxygens (including phenoxy) is 1. The molecule has 3 aromatic rings. The van der Waals surface area contributed by atoms with Gasteiger partial charge in [0.1, 0.15) is 0 Å². The van der Waals surface area contributed by atoms with E-state index in [0.29, 0.717) is 0 Å². The number of para-hydroxylation sites is 1. The maximum Gasteiger partial charge on any atom is 0.232 e. The Morgan fingerprint density at radius 1 is 0.926 bits per heavy atom. The van der Waals surface area contributed by atoms with Gasteiger partial charge in [-0.1, -0.05) is 72.4 Å². The van der Waals surface area contributed by atoms with E-state index in [1.165, 1.54) is 5.56 Å². The summed E-state index contributed by atoms with van der Waals surface area (Å²) in [5.74, 6) is 1.72. The normalized spacial score (nSPS) is 14.7. The zero-order valence-corrected chi connectivity index (χ0v) is 15.9. The zero-order valence-electron chi connectivity index (χ0n) is 15.1. The molecule has 0 atom stereocenters. The van der Waals surface area contributed by atoms with Crippen LogP contribution in [0.15, 0.2) is 71.9 Å². The highest BCUT2D eigenvalue weighted by Gasteiger charge is 2.21. The zero-order chi connectivity index (χ0) is 18.3. The Morgan fingerprint density at radius 2 is 1.63 bits per heavy atom. The van der Waals surface area contributed by atoms with Crippen LogP contribution in [0.1, 0.15) is 5.56 Å². The van der Waals surface area contributed by atoms with Gasteiger partial charge in [-0.05, 0) is 17.7 Å². The fourth-order valence-electron chi connectivity index (χ4n) is 3.00. The third-order valence-corrected chi connectivity index (χ3v) is 5.22. The number of thioether (sulfide) groups is 1. The lowest BCUT2D eigenvalue weighted by Crippen LogP contribution is -2.37. The van der Waals surface area contributed by atoms with Gasteiger partial charge in [0.25, 0.3) is 0 Å². The molecule has 0 spiro atoms. The van der Waals surface area contributed by atoms with E-state index in [2.05, 4.69) is 56.1 Å². The van der Waals surface area contributed by atoms with E-state index in [1.54, 1.807) is 11.8 Å². The molecule has 1 aliphatic heterocycles. The minimum Gasteiger partial charge on any atom is -0.378 e. The van der Waals surface area contributed by atoms with Crippen molar-refractivity contribution in [3.63, 3.8) is 0 Å². The van der Waals surface area contributed by atoms with Gasteiger partial charge in [-0.15, -0.1) is 10.2 Å². The average Bonchev–Trinajstić information content (AvgIpc) is 3.17. The van der Waals surface area contributed by atoms with Crippen LogP contribution < -0.4 is 4.90 Å². The highest BCUT2D eigenvalue weighted by atomic mass is 32.2. The first-order chi connectivity index (χ1) is 13.4. The third-order valence-electron chi connectivity index (χ3n) is 4.34. The Hall–Kier alpha value is -2.57. The Kier molecular flexibility index (Phi) is 5.86. The molecule has 6 heteroatoms. The number of morpholine rings is 1. The van der Waals surface area contributed by atoms with E-state index in [4.69, 9.17) is 4.74 Å². The van der Waals surface area contributed by atoms with Gasteiger partial charge in [-0.25, -0.2) is 0 Å². The van der Waals surface area contributed by atoms with Crippen molar-refractivity contribution in [2.45, 2.75) is 5.16 Å². The Labute approximate surface area is 163 Å². The van der Waals surface area contributed by atoms with Crippen LogP contribution >= 0.6 is 11.8 Å². The van der Waals surface area contributed by atoms with Gasteiger partial charge in [0.05, 0.1) is 18.9 Å². The molecular formula is C21H22N4OS. The molecule has 0 unspecified atom stereocenters. The molecule has 0 aliphatic carbocycles. The first-order valence-electron chi connectivity index (χ1n) is 9.10.